The minimum atomic E-state index is -0.0561. The number of hydrogen-bond donors (Lipinski definition) is 1. The topological polar surface area (TPSA) is 49.2 Å². The molecule has 0 atom stereocenters. The van der Waals surface area contributed by atoms with Gasteiger partial charge in [-0.05, 0) is 18.8 Å². The Labute approximate surface area is 135 Å². The van der Waals surface area contributed by atoms with Crippen LogP contribution in [0.2, 0.25) is 0 Å². The van der Waals surface area contributed by atoms with Gasteiger partial charge in [-0.3, -0.25) is 0 Å². The second kappa shape index (κ2) is 6.15. The maximum Gasteiger partial charge on any atom is 0.136 e. The lowest BCUT2D eigenvalue weighted by Gasteiger charge is -2.33. The van der Waals surface area contributed by atoms with Gasteiger partial charge in [0.2, 0.25) is 0 Å². The first-order valence-corrected chi connectivity index (χ1v) is 8.37. The number of hydrogen-bond acceptors (Lipinski definition) is 4. The zero-order chi connectivity index (χ0) is 16.5. The van der Waals surface area contributed by atoms with Gasteiger partial charge in [0.05, 0.1) is 5.69 Å². The Hall–Kier alpha value is -1.16. The zero-order valence-electron chi connectivity index (χ0n) is 15.0. The van der Waals surface area contributed by atoms with Gasteiger partial charge < -0.3 is 10.0 Å². The summed E-state index contributed by atoms with van der Waals surface area (Å²) >= 11 is 0. The Kier molecular flexibility index (Phi) is 4.81. The second-order valence-corrected chi connectivity index (χ2v) is 8.55. The van der Waals surface area contributed by atoms with E-state index in [9.17, 15) is 5.11 Å². The number of nitrogens with zero attached hydrogens (tertiary/aromatic N) is 3. The van der Waals surface area contributed by atoms with Gasteiger partial charge >= 0.3 is 0 Å². The van der Waals surface area contributed by atoms with Crippen LogP contribution in [-0.2, 0) is 10.8 Å². The van der Waals surface area contributed by atoms with Crippen LogP contribution in [0.3, 0.4) is 0 Å². The standard InChI is InChI=1S/C18H31N3O/c1-17(2,3)14-11-15(20-16(19-14)18(4,5)6)21-9-7-13(12-22)8-10-21/h11,13,22H,7-10,12H2,1-6H3. The lowest BCUT2D eigenvalue weighted by atomic mass is 9.90. The molecule has 0 amide bonds. The number of piperidine rings is 1. The monoisotopic (exact) mass is 305 g/mol. The molecule has 22 heavy (non-hydrogen) atoms. The molecule has 1 fully saturated rings. The van der Waals surface area contributed by atoms with E-state index in [2.05, 4.69) is 52.5 Å². The van der Waals surface area contributed by atoms with Gasteiger partial charge in [0.15, 0.2) is 0 Å². The average Bonchev–Trinajstić information content (AvgIpc) is 2.45. The fourth-order valence-electron chi connectivity index (χ4n) is 2.66. The molecule has 1 saturated heterocycles. The van der Waals surface area contributed by atoms with E-state index < -0.39 is 0 Å². The van der Waals surface area contributed by atoms with Crippen molar-refractivity contribution in [1.82, 2.24) is 9.97 Å². The summed E-state index contributed by atoms with van der Waals surface area (Å²) in [5.41, 5.74) is 1.06. The highest BCUT2D eigenvalue weighted by molar-refractivity contribution is 5.42. The molecule has 0 bridgehead atoms. The number of aliphatic hydroxyl groups is 1. The number of anilines is 1. The molecule has 124 valence electrons. The van der Waals surface area contributed by atoms with Gasteiger partial charge in [0.1, 0.15) is 11.6 Å². The highest BCUT2D eigenvalue weighted by Crippen LogP contribution is 2.29. The fourth-order valence-corrected chi connectivity index (χ4v) is 2.66. The van der Waals surface area contributed by atoms with E-state index in [0.717, 1.165) is 43.3 Å². The molecule has 0 aromatic carbocycles. The van der Waals surface area contributed by atoms with Gasteiger partial charge in [0, 0.05) is 36.6 Å². The highest BCUT2D eigenvalue weighted by Gasteiger charge is 2.26. The first-order valence-electron chi connectivity index (χ1n) is 8.37. The van der Waals surface area contributed by atoms with E-state index in [1.165, 1.54) is 0 Å². The van der Waals surface area contributed by atoms with Crippen molar-refractivity contribution in [1.29, 1.82) is 0 Å². The van der Waals surface area contributed by atoms with Crippen LogP contribution in [0, 0.1) is 5.92 Å². The van der Waals surface area contributed by atoms with Gasteiger partial charge in [-0.1, -0.05) is 41.5 Å². The quantitative estimate of drug-likeness (QED) is 0.911. The molecule has 0 radical (unpaired) electrons. The summed E-state index contributed by atoms with van der Waals surface area (Å²) in [5.74, 6) is 2.41. The minimum absolute atomic E-state index is 0.0150. The summed E-state index contributed by atoms with van der Waals surface area (Å²) in [6.07, 6.45) is 2.08. The Morgan fingerprint density at radius 2 is 1.64 bits per heavy atom. The van der Waals surface area contributed by atoms with Crippen molar-refractivity contribution in [3.8, 4) is 0 Å². The summed E-state index contributed by atoms with van der Waals surface area (Å²) in [6, 6.07) is 2.15. The normalized spacial score (nSPS) is 17.9. The first kappa shape index (κ1) is 17.2. The summed E-state index contributed by atoms with van der Waals surface area (Å²) in [5, 5.41) is 9.31. The number of aromatic nitrogens is 2. The lowest BCUT2D eigenvalue weighted by molar-refractivity contribution is 0.202. The molecule has 1 aromatic heterocycles. The molecule has 1 aliphatic rings. The molecule has 2 rings (SSSR count). The third-order valence-corrected chi connectivity index (χ3v) is 4.35. The van der Waals surface area contributed by atoms with Crippen molar-refractivity contribution < 1.29 is 5.11 Å². The van der Waals surface area contributed by atoms with Crippen molar-refractivity contribution in [2.75, 3.05) is 24.6 Å². The zero-order valence-corrected chi connectivity index (χ0v) is 15.0. The Morgan fingerprint density at radius 3 is 2.09 bits per heavy atom. The molecule has 4 heteroatoms. The number of aliphatic hydroxyl groups excluding tert-OH is 1. The van der Waals surface area contributed by atoms with Crippen LogP contribution in [0.5, 0.6) is 0 Å². The molecule has 0 spiro atoms. The lowest BCUT2D eigenvalue weighted by Crippen LogP contribution is -2.36. The van der Waals surface area contributed by atoms with E-state index in [0.29, 0.717) is 12.5 Å². The average molecular weight is 305 g/mol. The van der Waals surface area contributed by atoms with Gasteiger partial charge in [-0.25, -0.2) is 9.97 Å². The largest absolute Gasteiger partial charge is 0.396 e. The third-order valence-electron chi connectivity index (χ3n) is 4.35. The van der Waals surface area contributed by atoms with Crippen LogP contribution in [0.1, 0.15) is 65.9 Å². The Balaban J connectivity index is 2.35. The van der Waals surface area contributed by atoms with Crippen LogP contribution in [-0.4, -0.2) is 34.8 Å². The molecule has 0 saturated carbocycles. The molecular weight excluding hydrogens is 274 g/mol. The van der Waals surface area contributed by atoms with Gasteiger partial charge in [0.25, 0.3) is 0 Å². The van der Waals surface area contributed by atoms with E-state index in [1.54, 1.807) is 0 Å². The molecular formula is C18H31N3O. The van der Waals surface area contributed by atoms with E-state index >= 15 is 0 Å². The first-order chi connectivity index (χ1) is 10.1. The predicted molar refractivity (Wildman–Crippen MR) is 91.5 cm³/mol. The Bertz CT molecular complexity index is 474. The van der Waals surface area contributed by atoms with Crippen molar-refractivity contribution in [3.05, 3.63) is 17.6 Å². The third kappa shape index (κ3) is 3.97. The SMILES string of the molecule is CC(C)(C)c1cc(N2CCC(CO)CC2)nc(C(C)(C)C)n1. The maximum absolute atomic E-state index is 9.31. The van der Waals surface area contributed by atoms with Crippen LogP contribution in [0.25, 0.3) is 0 Å². The molecule has 1 N–H and O–H groups in total. The van der Waals surface area contributed by atoms with Gasteiger partial charge in [-0.2, -0.15) is 0 Å². The van der Waals surface area contributed by atoms with E-state index in [4.69, 9.17) is 9.97 Å². The summed E-state index contributed by atoms with van der Waals surface area (Å²) in [4.78, 5) is 12.0. The molecule has 1 aromatic rings. The van der Waals surface area contributed by atoms with Crippen LogP contribution in [0.4, 0.5) is 5.82 Å². The van der Waals surface area contributed by atoms with Crippen molar-refractivity contribution in [2.45, 2.75) is 65.2 Å². The second-order valence-electron chi connectivity index (χ2n) is 8.55. The highest BCUT2D eigenvalue weighted by atomic mass is 16.3. The van der Waals surface area contributed by atoms with E-state index in [-0.39, 0.29) is 10.8 Å². The summed E-state index contributed by atoms with van der Waals surface area (Å²) in [6.45, 7) is 15.3. The van der Waals surface area contributed by atoms with Crippen LogP contribution < -0.4 is 4.90 Å². The molecule has 4 nitrogen and oxygen atoms in total. The fraction of sp³-hybridized carbons (Fsp3) is 0.778. The minimum Gasteiger partial charge on any atom is -0.396 e. The number of rotatable bonds is 2. The summed E-state index contributed by atoms with van der Waals surface area (Å²) < 4.78 is 0. The summed E-state index contributed by atoms with van der Waals surface area (Å²) in [7, 11) is 0. The van der Waals surface area contributed by atoms with Crippen molar-refractivity contribution in [2.24, 2.45) is 5.92 Å². The van der Waals surface area contributed by atoms with Crippen molar-refractivity contribution in [3.63, 3.8) is 0 Å². The predicted octanol–water partition coefficient (Wildman–Crippen LogP) is 3.28. The smallest absolute Gasteiger partial charge is 0.136 e. The van der Waals surface area contributed by atoms with Crippen LogP contribution >= 0.6 is 0 Å². The molecule has 0 aliphatic carbocycles. The van der Waals surface area contributed by atoms with Crippen LogP contribution in [0.15, 0.2) is 6.07 Å². The maximum atomic E-state index is 9.31. The van der Waals surface area contributed by atoms with Gasteiger partial charge in [-0.15, -0.1) is 0 Å². The molecule has 2 heterocycles. The Morgan fingerprint density at radius 1 is 1.05 bits per heavy atom. The van der Waals surface area contributed by atoms with Crippen molar-refractivity contribution >= 4 is 5.82 Å². The molecule has 1 aliphatic heterocycles. The van der Waals surface area contributed by atoms with E-state index in [1.807, 2.05) is 0 Å². The molecule has 0 unspecified atom stereocenters.